The molecule has 2 aromatic rings. The van der Waals surface area contributed by atoms with E-state index in [1.54, 1.807) is 0 Å². The molecule has 0 saturated carbocycles. The van der Waals surface area contributed by atoms with Crippen molar-refractivity contribution in [2.24, 2.45) is 0 Å². The Labute approximate surface area is 160 Å². The van der Waals surface area contributed by atoms with Crippen LogP contribution in [0, 0.1) is 11.6 Å². The number of hydrogen-bond donors (Lipinski definition) is 1. The molecule has 1 aliphatic rings. The highest BCUT2D eigenvalue weighted by atomic mass is 35.5. The topological polar surface area (TPSA) is 83.5 Å². The molecule has 0 aromatic heterocycles. The Balaban J connectivity index is 1.98. The first-order valence-electron chi connectivity index (χ1n) is 7.89. The predicted molar refractivity (Wildman–Crippen MR) is 96.6 cm³/mol. The van der Waals surface area contributed by atoms with E-state index in [2.05, 4.69) is 4.72 Å². The lowest BCUT2D eigenvalue weighted by Gasteiger charge is -2.17. The van der Waals surface area contributed by atoms with Crippen LogP contribution in [0.2, 0.25) is 5.02 Å². The maximum absolute atomic E-state index is 13.8. The highest BCUT2D eigenvalue weighted by Crippen LogP contribution is 2.30. The average Bonchev–Trinajstić information content (AvgIpc) is 3.14. The summed E-state index contributed by atoms with van der Waals surface area (Å²) in [6.07, 6.45) is 1.45. The van der Waals surface area contributed by atoms with E-state index in [1.807, 2.05) is 0 Å². The number of anilines is 1. The Kier molecular flexibility index (Phi) is 5.44. The first-order valence-corrected chi connectivity index (χ1v) is 11.2. The predicted octanol–water partition coefficient (Wildman–Crippen LogP) is 3.20. The number of nitrogens with one attached hydrogen (secondary N) is 1. The van der Waals surface area contributed by atoms with E-state index in [-0.39, 0.29) is 15.6 Å². The van der Waals surface area contributed by atoms with Gasteiger partial charge in [0.05, 0.1) is 10.7 Å². The summed E-state index contributed by atoms with van der Waals surface area (Å²) in [7, 11) is -8.37. The molecule has 0 bridgehead atoms. The molecule has 6 nitrogen and oxygen atoms in total. The molecule has 0 unspecified atom stereocenters. The molecular weight excluding hydrogens is 422 g/mol. The lowest BCUT2D eigenvalue weighted by atomic mass is 10.3. The van der Waals surface area contributed by atoms with Gasteiger partial charge in [-0.3, -0.25) is 4.72 Å². The maximum Gasteiger partial charge on any atom is 0.264 e. The molecule has 1 fully saturated rings. The first-order chi connectivity index (χ1) is 12.6. The zero-order valence-corrected chi connectivity index (χ0v) is 16.2. The molecule has 1 saturated heterocycles. The fourth-order valence-electron chi connectivity index (χ4n) is 2.73. The minimum atomic E-state index is -4.48. The van der Waals surface area contributed by atoms with Crippen LogP contribution in [0.15, 0.2) is 46.2 Å². The molecule has 11 heteroatoms. The molecule has 1 heterocycles. The van der Waals surface area contributed by atoms with Gasteiger partial charge in [-0.05, 0) is 49.2 Å². The van der Waals surface area contributed by atoms with Gasteiger partial charge in [-0.1, -0.05) is 11.6 Å². The Hall–Kier alpha value is -1.75. The standard InChI is InChI=1S/C16H15ClF2N2O4S2/c17-13-5-4-12(10-15(13)27(24,25)21-7-1-2-8-21)20-26(22,23)16-9-11(18)3-6-14(16)19/h3-6,9-10,20H,1-2,7-8H2. The normalized spacial score (nSPS) is 15.8. The molecule has 0 atom stereocenters. The van der Waals surface area contributed by atoms with Crippen LogP contribution in [0.1, 0.15) is 12.8 Å². The van der Waals surface area contributed by atoms with Gasteiger partial charge in [-0.15, -0.1) is 0 Å². The van der Waals surface area contributed by atoms with E-state index in [0.717, 1.165) is 25.0 Å². The van der Waals surface area contributed by atoms with E-state index in [0.29, 0.717) is 25.2 Å². The van der Waals surface area contributed by atoms with Crippen molar-refractivity contribution in [1.29, 1.82) is 0 Å². The van der Waals surface area contributed by atoms with Crippen LogP contribution in [-0.2, 0) is 20.0 Å². The molecule has 27 heavy (non-hydrogen) atoms. The Morgan fingerprint density at radius 2 is 1.59 bits per heavy atom. The monoisotopic (exact) mass is 436 g/mol. The fourth-order valence-corrected chi connectivity index (χ4v) is 5.88. The van der Waals surface area contributed by atoms with Crippen molar-refractivity contribution in [2.45, 2.75) is 22.6 Å². The van der Waals surface area contributed by atoms with Gasteiger partial charge in [0.2, 0.25) is 10.0 Å². The van der Waals surface area contributed by atoms with Crippen LogP contribution in [0.25, 0.3) is 0 Å². The van der Waals surface area contributed by atoms with Crippen LogP contribution in [0.5, 0.6) is 0 Å². The van der Waals surface area contributed by atoms with Crippen molar-refractivity contribution in [1.82, 2.24) is 4.31 Å². The number of halogens is 3. The molecule has 3 rings (SSSR count). The number of sulfonamides is 2. The summed E-state index contributed by atoms with van der Waals surface area (Å²) in [6, 6.07) is 5.54. The van der Waals surface area contributed by atoms with E-state index in [9.17, 15) is 25.6 Å². The Morgan fingerprint density at radius 3 is 2.26 bits per heavy atom. The number of benzene rings is 2. The van der Waals surface area contributed by atoms with Gasteiger partial charge in [-0.2, -0.15) is 4.31 Å². The quantitative estimate of drug-likeness (QED) is 0.780. The number of hydrogen-bond acceptors (Lipinski definition) is 4. The van der Waals surface area contributed by atoms with E-state index >= 15 is 0 Å². The van der Waals surface area contributed by atoms with Gasteiger partial charge in [-0.25, -0.2) is 25.6 Å². The summed E-state index contributed by atoms with van der Waals surface area (Å²) in [6.45, 7) is 0.701. The van der Waals surface area contributed by atoms with Crippen LogP contribution in [-0.4, -0.2) is 34.2 Å². The third-order valence-electron chi connectivity index (χ3n) is 4.05. The van der Waals surface area contributed by atoms with Gasteiger partial charge in [0.15, 0.2) is 0 Å². The summed E-state index contributed by atoms with van der Waals surface area (Å²) >= 11 is 6.00. The zero-order valence-electron chi connectivity index (χ0n) is 13.8. The summed E-state index contributed by atoms with van der Waals surface area (Å²) in [4.78, 5) is -1.15. The first kappa shape index (κ1) is 20.0. The molecule has 1 N–H and O–H groups in total. The van der Waals surface area contributed by atoms with Gasteiger partial charge in [0.1, 0.15) is 21.4 Å². The zero-order chi connectivity index (χ0) is 19.8. The van der Waals surface area contributed by atoms with Gasteiger partial charge < -0.3 is 0 Å². The summed E-state index contributed by atoms with van der Waals surface area (Å²) in [5, 5.41) is -0.0678. The molecule has 0 spiro atoms. The fraction of sp³-hybridized carbons (Fsp3) is 0.250. The molecule has 0 radical (unpaired) electrons. The smallest absolute Gasteiger partial charge is 0.264 e. The SMILES string of the molecule is O=S(=O)(Nc1ccc(Cl)c(S(=O)(=O)N2CCCC2)c1)c1cc(F)ccc1F. The second kappa shape index (κ2) is 7.34. The number of rotatable bonds is 5. The van der Waals surface area contributed by atoms with Crippen LogP contribution < -0.4 is 4.72 Å². The van der Waals surface area contributed by atoms with Crippen molar-refractivity contribution >= 4 is 37.3 Å². The van der Waals surface area contributed by atoms with Gasteiger partial charge in [0.25, 0.3) is 10.0 Å². The highest BCUT2D eigenvalue weighted by Gasteiger charge is 2.30. The van der Waals surface area contributed by atoms with Crippen LogP contribution in [0.4, 0.5) is 14.5 Å². The average molecular weight is 437 g/mol. The molecule has 1 aliphatic heterocycles. The van der Waals surface area contributed by atoms with Crippen molar-refractivity contribution in [3.8, 4) is 0 Å². The molecule has 146 valence electrons. The lowest BCUT2D eigenvalue weighted by molar-refractivity contribution is 0.477. The highest BCUT2D eigenvalue weighted by molar-refractivity contribution is 7.92. The van der Waals surface area contributed by atoms with E-state index < -0.39 is 36.6 Å². The number of nitrogens with zero attached hydrogens (tertiary/aromatic N) is 1. The Bertz CT molecular complexity index is 1090. The van der Waals surface area contributed by atoms with Crippen molar-refractivity contribution in [2.75, 3.05) is 17.8 Å². The second-order valence-corrected chi connectivity index (χ2v) is 9.90. The molecular formula is C16H15ClF2N2O4S2. The lowest BCUT2D eigenvalue weighted by Crippen LogP contribution is -2.28. The molecule has 0 aliphatic carbocycles. The van der Waals surface area contributed by atoms with Crippen LogP contribution in [0.3, 0.4) is 0 Å². The third kappa shape index (κ3) is 4.08. The van der Waals surface area contributed by atoms with Crippen molar-refractivity contribution < 1.29 is 25.6 Å². The Morgan fingerprint density at radius 1 is 0.926 bits per heavy atom. The summed E-state index contributed by atoms with van der Waals surface area (Å²) in [5.74, 6) is -2.06. The van der Waals surface area contributed by atoms with E-state index in [1.165, 1.54) is 16.4 Å². The van der Waals surface area contributed by atoms with Crippen molar-refractivity contribution in [3.63, 3.8) is 0 Å². The second-order valence-electron chi connectivity index (χ2n) is 5.94. The largest absolute Gasteiger partial charge is 0.279 e. The molecule has 0 amide bonds. The van der Waals surface area contributed by atoms with Crippen LogP contribution >= 0.6 is 11.6 Å². The summed E-state index contributed by atoms with van der Waals surface area (Å²) < 4.78 is 80.5. The van der Waals surface area contributed by atoms with E-state index in [4.69, 9.17) is 11.6 Å². The minimum absolute atomic E-state index is 0.0678. The van der Waals surface area contributed by atoms with Crippen molar-refractivity contribution in [3.05, 3.63) is 53.1 Å². The third-order valence-corrected chi connectivity index (χ3v) is 7.83. The summed E-state index contributed by atoms with van der Waals surface area (Å²) in [5.41, 5.74) is -0.138. The molecule has 2 aromatic carbocycles. The van der Waals surface area contributed by atoms with Gasteiger partial charge >= 0.3 is 0 Å². The maximum atomic E-state index is 13.8. The van der Waals surface area contributed by atoms with Gasteiger partial charge in [0, 0.05) is 13.1 Å². The minimum Gasteiger partial charge on any atom is -0.279 e.